The molecule has 6 rings (SSSR count). The third kappa shape index (κ3) is 12.7. The molecule has 6 aromatic rings. The van der Waals surface area contributed by atoms with Crippen LogP contribution in [0, 0.1) is 23.3 Å². The molecular weight excluding hydrogens is 883 g/mol. The second-order valence-corrected chi connectivity index (χ2v) is 19.4. The molecule has 10 nitrogen and oxygen atoms in total. The van der Waals surface area contributed by atoms with E-state index in [1.165, 1.54) is 61.9 Å². The molecule has 0 amide bonds. The first-order valence-electron chi connectivity index (χ1n) is 17.9. The van der Waals surface area contributed by atoms with Crippen molar-refractivity contribution in [3.63, 3.8) is 0 Å². The maximum absolute atomic E-state index is 14.8. The van der Waals surface area contributed by atoms with Gasteiger partial charge in [-0.1, -0.05) is 12.1 Å². The second kappa shape index (κ2) is 18.4. The van der Waals surface area contributed by atoms with Gasteiger partial charge in [-0.2, -0.15) is 35.1 Å². The highest BCUT2D eigenvalue weighted by Gasteiger charge is 2.39. The van der Waals surface area contributed by atoms with Crippen molar-refractivity contribution in [2.24, 2.45) is 8.73 Å². The van der Waals surface area contributed by atoms with Gasteiger partial charge in [-0.3, -0.25) is 0 Å². The van der Waals surface area contributed by atoms with E-state index in [2.05, 4.69) is 28.7 Å². The highest BCUT2D eigenvalue weighted by atomic mass is 32.2. The molecule has 0 aliphatic rings. The maximum atomic E-state index is 14.8. The Balaban J connectivity index is 0.000000234. The Morgan fingerprint density at radius 2 is 0.919 bits per heavy atom. The summed E-state index contributed by atoms with van der Waals surface area (Å²) in [6.45, 7) is 1.61. The third-order valence-corrected chi connectivity index (χ3v) is 9.76. The zero-order chi connectivity index (χ0) is 45.9. The Hall–Kier alpha value is -5.64. The van der Waals surface area contributed by atoms with E-state index in [1.807, 2.05) is 0 Å². The van der Waals surface area contributed by atoms with E-state index in [0.29, 0.717) is 0 Å². The normalized spacial score (nSPS) is 13.3. The van der Waals surface area contributed by atoms with Crippen molar-refractivity contribution >= 4 is 52.6 Å². The molecular formula is C40H36F10N6O4S2. The van der Waals surface area contributed by atoms with Gasteiger partial charge in [0, 0.05) is 92.7 Å². The molecule has 2 aromatic heterocycles. The molecule has 22 heteroatoms. The Morgan fingerprint density at radius 3 is 1.24 bits per heavy atom. The molecule has 0 aliphatic carbocycles. The summed E-state index contributed by atoms with van der Waals surface area (Å²) in [6, 6.07) is 11.4. The van der Waals surface area contributed by atoms with Gasteiger partial charge in [0.2, 0.25) is 0 Å². The van der Waals surface area contributed by atoms with Crippen molar-refractivity contribution in [3.05, 3.63) is 119 Å². The zero-order valence-corrected chi connectivity index (χ0v) is 35.0. The van der Waals surface area contributed by atoms with Crippen molar-refractivity contribution < 1.29 is 61.8 Å². The quantitative estimate of drug-likeness (QED) is 0.124. The molecule has 0 radical (unpaired) electrons. The topological polar surface area (TPSA) is 129 Å². The number of halogens is 10. The van der Waals surface area contributed by atoms with E-state index in [9.17, 15) is 52.3 Å². The number of hydrogen-bond donors (Lipinski definition) is 0. The molecule has 2 atom stereocenters. The molecule has 2 heterocycles. The van der Waals surface area contributed by atoms with E-state index in [-0.39, 0.29) is 80.0 Å². The van der Waals surface area contributed by atoms with Gasteiger partial charge in [0.25, 0.3) is 0 Å². The fourth-order valence-corrected chi connectivity index (χ4v) is 6.93. The summed E-state index contributed by atoms with van der Waals surface area (Å²) in [5.74, 6) is -3.66. The van der Waals surface area contributed by atoms with Gasteiger partial charge in [0.05, 0.1) is 44.6 Å². The lowest BCUT2D eigenvalue weighted by atomic mass is 10.0. The van der Waals surface area contributed by atoms with Gasteiger partial charge in [-0.25, -0.2) is 45.9 Å². The molecule has 0 N–H and O–H groups in total. The van der Waals surface area contributed by atoms with Crippen LogP contribution >= 0.6 is 0 Å². The molecule has 62 heavy (non-hydrogen) atoms. The number of aromatic nitrogens is 4. The highest BCUT2D eigenvalue weighted by molar-refractivity contribution is 7.92. The number of ether oxygens (including phenoxy) is 2. The van der Waals surface area contributed by atoms with E-state index in [4.69, 9.17) is 9.47 Å². The molecule has 0 fully saturated rings. The summed E-state index contributed by atoms with van der Waals surface area (Å²) in [7, 11) is -5.07. The largest absolute Gasteiger partial charge is 0.481 e. The minimum absolute atomic E-state index is 0.0271. The van der Waals surface area contributed by atoms with Crippen molar-refractivity contribution in [2.75, 3.05) is 25.0 Å². The van der Waals surface area contributed by atoms with Crippen LogP contribution in [0.4, 0.5) is 55.3 Å². The molecule has 0 aliphatic heterocycles. The molecule has 4 aromatic carbocycles. The Kier molecular flexibility index (Phi) is 14.0. The molecule has 0 saturated heterocycles. The summed E-state index contributed by atoms with van der Waals surface area (Å²) >= 11 is 0. The molecule has 0 bridgehead atoms. The first-order valence-corrected chi connectivity index (χ1v) is 22.6. The first kappa shape index (κ1) is 47.4. The van der Waals surface area contributed by atoms with Crippen molar-refractivity contribution in [1.82, 2.24) is 19.9 Å². The summed E-state index contributed by atoms with van der Waals surface area (Å²) in [6.07, 6.45) is -5.97. The lowest BCUT2D eigenvalue weighted by Crippen LogP contribution is -2.31. The number of alkyl halides is 6. The smallest absolute Gasteiger partial charge is 0.425 e. The van der Waals surface area contributed by atoms with Crippen molar-refractivity contribution in [2.45, 2.75) is 51.2 Å². The van der Waals surface area contributed by atoms with Gasteiger partial charge < -0.3 is 9.47 Å². The first-order chi connectivity index (χ1) is 28.7. The summed E-state index contributed by atoms with van der Waals surface area (Å²) in [4.78, 5) is 16.1. The predicted molar refractivity (Wildman–Crippen MR) is 214 cm³/mol. The van der Waals surface area contributed by atoms with Gasteiger partial charge in [0.1, 0.15) is 47.4 Å². The fraction of sp³-hybridized carbons (Fsp3) is 0.300. The zero-order valence-electron chi connectivity index (χ0n) is 33.4. The van der Waals surface area contributed by atoms with E-state index >= 15 is 0 Å². The number of hydrogen-bond acceptors (Lipinski definition) is 10. The predicted octanol–water partition coefficient (Wildman–Crippen LogP) is 10.4. The molecule has 0 unspecified atom stereocenters. The Labute approximate surface area is 349 Å². The van der Waals surface area contributed by atoms with Crippen LogP contribution in [-0.2, 0) is 32.3 Å². The van der Waals surface area contributed by atoms with Crippen LogP contribution in [0.2, 0.25) is 0 Å². The van der Waals surface area contributed by atoms with E-state index in [0.717, 1.165) is 50.2 Å². The monoisotopic (exact) mass is 918 g/mol. The second-order valence-electron chi connectivity index (χ2n) is 14.3. The maximum Gasteiger partial charge on any atom is 0.425 e. The average Bonchev–Trinajstić information content (AvgIpc) is 3.11. The van der Waals surface area contributed by atoms with E-state index in [1.54, 1.807) is 0 Å². The van der Waals surface area contributed by atoms with Crippen molar-refractivity contribution in [1.29, 1.82) is 0 Å². The average molecular weight is 919 g/mol. The van der Waals surface area contributed by atoms with Crippen LogP contribution in [0.15, 0.2) is 82.0 Å². The van der Waals surface area contributed by atoms with E-state index < -0.39 is 67.3 Å². The highest BCUT2D eigenvalue weighted by Crippen LogP contribution is 2.34. The Morgan fingerprint density at radius 1 is 0.565 bits per heavy atom. The summed E-state index contributed by atoms with van der Waals surface area (Å²) in [5, 5.41) is 0.0543. The Bertz CT molecular complexity index is 2690. The minimum atomic E-state index is -4.64. The van der Waals surface area contributed by atoms with Crippen LogP contribution < -0.4 is 9.47 Å². The molecule has 0 spiro atoms. The van der Waals surface area contributed by atoms with Crippen LogP contribution in [0.25, 0.3) is 21.8 Å². The summed E-state index contributed by atoms with van der Waals surface area (Å²) < 4.78 is 176. The molecule has 0 saturated carbocycles. The van der Waals surface area contributed by atoms with Crippen LogP contribution in [0.1, 0.15) is 36.4 Å². The van der Waals surface area contributed by atoms with Crippen LogP contribution in [0.5, 0.6) is 11.5 Å². The SMILES string of the molecule is C[C@@H](Oc1cc(F)ccc1Cc1ncnc2cc(N=S(C)(C)=O)cc(F)c12)C(F)(F)F.C[C@H](Oc1cc(F)ccc1Cc1ncnc2cc(N=S(C)(C)=O)cc(F)c12)C(F)(F)F. The summed E-state index contributed by atoms with van der Waals surface area (Å²) in [5.41, 5.74) is 1.34. The lowest BCUT2D eigenvalue weighted by Gasteiger charge is -2.20. The lowest BCUT2D eigenvalue weighted by molar-refractivity contribution is -0.189. The standard InChI is InChI=1S/2C20H18F5N3O2S/c2*1-11(20(23,24)25)30-18-7-13(21)5-4-12(18)6-16-19-15(22)8-14(28-31(2,3)29)9-17(19)27-10-26-16/h2*4-5,7-11H,6H2,1-3H3/t2*11-/m10/s1. The molecule has 332 valence electrons. The van der Waals surface area contributed by atoms with Gasteiger partial charge in [0.15, 0.2) is 12.2 Å². The van der Waals surface area contributed by atoms with Gasteiger partial charge in [-0.05, 0) is 38.1 Å². The van der Waals surface area contributed by atoms with Crippen LogP contribution in [0.3, 0.4) is 0 Å². The minimum Gasteiger partial charge on any atom is -0.481 e. The third-order valence-electron chi connectivity index (χ3n) is 8.46. The number of rotatable bonds is 10. The number of nitrogens with zero attached hydrogens (tertiary/aromatic N) is 6. The number of fused-ring (bicyclic) bond motifs is 2. The fourth-order valence-electron chi connectivity index (χ4n) is 5.71. The number of benzene rings is 4. The van der Waals surface area contributed by atoms with Crippen molar-refractivity contribution in [3.8, 4) is 11.5 Å². The van der Waals surface area contributed by atoms with Gasteiger partial charge in [-0.15, -0.1) is 0 Å². The van der Waals surface area contributed by atoms with Crippen LogP contribution in [-0.4, -0.2) is 77.9 Å². The van der Waals surface area contributed by atoms with Gasteiger partial charge >= 0.3 is 12.4 Å².